The molecule has 1 rings (SSSR count). The molecule has 1 atom stereocenters. The van der Waals surface area contributed by atoms with E-state index in [-0.39, 0.29) is 11.8 Å². The van der Waals surface area contributed by atoms with Gasteiger partial charge in [-0.1, -0.05) is 19.9 Å². The third-order valence-electron chi connectivity index (χ3n) is 3.08. The predicted molar refractivity (Wildman–Crippen MR) is 81.1 cm³/mol. The Bertz CT molecular complexity index is 523. The first-order valence-electron chi connectivity index (χ1n) is 6.37. The topological polar surface area (TPSA) is 53.3 Å². The maximum Gasteiger partial charge on any atom is 0.240 e. The van der Waals surface area contributed by atoms with Crippen molar-refractivity contribution >= 4 is 21.8 Å². The molecule has 0 aliphatic heterocycles. The highest BCUT2D eigenvalue weighted by Crippen LogP contribution is 2.26. The lowest BCUT2D eigenvalue weighted by molar-refractivity contribution is -0.134. The number of nitrogens with zero attached hydrogens (tertiary/aromatic N) is 2. The predicted octanol–water partition coefficient (Wildman–Crippen LogP) is 3.21. The Balaban J connectivity index is 2.80. The third kappa shape index (κ3) is 3.97. The maximum atomic E-state index is 12.2. The van der Waals surface area contributed by atoms with E-state index < -0.39 is 5.92 Å². The molecule has 1 aromatic rings. The first kappa shape index (κ1) is 16.5. The SMILES string of the molecule is COc1ccc(CN(C)C(=O)C(C#N)C(C)C)cc1Br. The quantitative estimate of drug-likeness (QED) is 0.828. The molecule has 1 aromatic carbocycles. The van der Waals surface area contributed by atoms with Gasteiger partial charge in [-0.2, -0.15) is 5.26 Å². The van der Waals surface area contributed by atoms with Crippen molar-refractivity contribution < 1.29 is 9.53 Å². The monoisotopic (exact) mass is 338 g/mol. The molecule has 20 heavy (non-hydrogen) atoms. The van der Waals surface area contributed by atoms with E-state index in [2.05, 4.69) is 22.0 Å². The minimum atomic E-state index is -0.596. The lowest BCUT2D eigenvalue weighted by Crippen LogP contribution is -2.34. The maximum absolute atomic E-state index is 12.2. The number of carbonyl (C=O) groups is 1. The van der Waals surface area contributed by atoms with E-state index in [1.165, 1.54) is 0 Å². The molecule has 0 N–H and O–H groups in total. The zero-order valence-corrected chi connectivity index (χ0v) is 13.8. The van der Waals surface area contributed by atoms with Crippen molar-refractivity contribution in [3.05, 3.63) is 28.2 Å². The number of ether oxygens (including phenoxy) is 1. The Morgan fingerprint density at radius 1 is 1.50 bits per heavy atom. The molecular formula is C15H19BrN2O2. The lowest BCUT2D eigenvalue weighted by atomic mass is 9.96. The van der Waals surface area contributed by atoms with Gasteiger partial charge in [-0.05, 0) is 39.5 Å². The van der Waals surface area contributed by atoms with Crippen molar-refractivity contribution in [2.45, 2.75) is 20.4 Å². The summed E-state index contributed by atoms with van der Waals surface area (Å²) in [7, 11) is 3.32. The summed E-state index contributed by atoms with van der Waals surface area (Å²) in [5.41, 5.74) is 0.981. The highest BCUT2D eigenvalue weighted by Gasteiger charge is 2.24. The van der Waals surface area contributed by atoms with E-state index >= 15 is 0 Å². The van der Waals surface area contributed by atoms with E-state index in [1.807, 2.05) is 32.0 Å². The zero-order valence-electron chi connectivity index (χ0n) is 12.2. The molecule has 4 nitrogen and oxygen atoms in total. The van der Waals surface area contributed by atoms with E-state index in [4.69, 9.17) is 10.00 Å². The van der Waals surface area contributed by atoms with Crippen molar-refractivity contribution in [3.8, 4) is 11.8 Å². The number of benzene rings is 1. The van der Waals surface area contributed by atoms with Gasteiger partial charge in [-0.3, -0.25) is 4.79 Å². The van der Waals surface area contributed by atoms with Crippen LogP contribution >= 0.6 is 15.9 Å². The Hall–Kier alpha value is -1.54. The fourth-order valence-electron chi connectivity index (χ4n) is 1.89. The van der Waals surface area contributed by atoms with Crippen LogP contribution in [-0.4, -0.2) is 25.0 Å². The molecular weight excluding hydrogens is 320 g/mol. The number of carbonyl (C=O) groups excluding carboxylic acids is 1. The molecule has 0 fully saturated rings. The molecule has 0 spiro atoms. The smallest absolute Gasteiger partial charge is 0.240 e. The first-order valence-corrected chi connectivity index (χ1v) is 7.17. The largest absolute Gasteiger partial charge is 0.496 e. The Morgan fingerprint density at radius 2 is 2.15 bits per heavy atom. The van der Waals surface area contributed by atoms with Crippen LogP contribution in [0.15, 0.2) is 22.7 Å². The summed E-state index contributed by atoms with van der Waals surface area (Å²) in [5.74, 6) is 0.0218. The van der Waals surface area contributed by atoms with Crippen LogP contribution in [0.2, 0.25) is 0 Å². The summed E-state index contributed by atoms with van der Waals surface area (Å²) in [5, 5.41) is 9.07. The van der Waals surface area contributed by atoms with Crippen molar-refractivity contribution in [2.75, 3.05) is 14.2 Å². The van der Waals surface area contributed by atoms with Crippen molar-refractivity contribution in [1.82, 2.24) is 4.90 Å². The molecule has 0 radical (unpaired) electrons. The number of amides is 1. The molecule has 5 heteroatoms. The van der Waals surface area contributed by atoms with Crippen LogP contribution in [0.3, 0.4) is 0 Å². The van der Waals surface area contributed by atoms with Crippen molar-refractivity contribution in [2.24, 2.45) is 11.8 Å². The molecule has 0 aliphatic carbocycles. The van der Waals surface area contributed by atoms with Crippen LogP contribution < -0.4 is 4.74 Å². The zero-order chi connectivity index (χ0) is 15.3. The van der Waals surface area contributed by atoms with Crippen molar-refractivity contribution in [3.63, 3.8) is 0 Å². The molecule has 0 heterocycles. The van der Waals surface area contributed by atoms with Gasteiger partial charge in [0, 0.05) is 13.6 Å². The molecule has 0 bridgehead atoms. The summed E-state index contributed by atoms with van der Waals surface area (Å²) in [6.45, 7) is 4.22. The van der Waals surface area contributed by atoms with Gasteiger partial charge in [0.05, 0.1) is 17.7 Å². The minimum absolute atomic E-state index is 0.0116. The summed E-state index contributed by atoms with van der Waals surface area (Å²) in [6, 6.07) is 7.75. The summed E-state index contributed by atoms with van der Waals surface area (Å²) in [4.78, 5) is 13.8. The van der Waals surface area contributed by atoms with Gasteiger partial charge < -0.3 is 9.64 Å². The fourth-order valence-corrected chi connectivity index (χ4v) is 2.47. The van der Waals surface area contributed by atoms with Crippen LogP contribution in [0.25, 0.3) is 0 Å². The molecule has 0 saturated carbocycles. The fraction of sp³-hybridized carbons (Fsp3) is 0.467. The normalized spacial score (nSPS) is 11.8. The Labute approximate surface area is 128 Å². The second-order valence-electron chi connectivity index (χ2n) is 5.01. The van der Waals surface area contributed by atoms with Crippen LogP contribution in [0.4, 0.5) is 0 Å². The van der Waals surface area contributed by atoms with E-state index in [1.54, 1.807) is 19.1 Å². The van der Waals surface area contributed by atoms with Gasteiger partial charge in [0.25, 0.3) is 0 Å². The standard InChI is InChI=1S/C15H19BrN2O2/c1-10(2)12(8-17)15(19)18(3)9-11-5-6-14(20-4)13(16)7-11/h5-7,10,12H,9H2,1-4H3. The summed E-state index contributed by atoms with van der Waals surface area (Å²) < 4.78 is 6.02. The third-order valence-corrected chi connectivity index (χ3v) is 3.70. The van der Waals surface area contributed by atoms with Gasteiger partial charge >= 0.3 is 0 Å². The Kier molecular flexibility index (Phi) is 6.03. The molecule has 1 amide bonds. The van der Waals surface area contributed by atoms with Gasteiger partial charge in [0.1, 0.15) is 11.7 Å². The number of hydrogen-bond acceptors (Lipinski definition) is 3. The van der Waals surface area contributed by atoms with Crippen LogP contribution in [0, 0.1) is 23.2 Å². The Morgan fingerprint density at radius 3 is 2.60 bits per heavy atom. The van der Waals surface area contributed by atoms with Gasteiger partial charge in [-0.15, -0.1) is 0 Å². The van der Waals surface area contributed by atoms with Crippen LogP contribution in [-0.2, 0) is 11.3 Å². The molecule has 0 saturated heterocycles. The number of rotatable bonds is 5. The van der Waals surface area contributed by atoms with E-state index in [9.17, 15) is 4.79 Å². The number of hydrogen-bond donors (Lipinski definition) is 0. The van der Waals surface area contributed by atoms with Gasteiger partial charge in [-0.25, -0.2) is 0 Å². The summed E-state index contributed by atoms with van der Waals surface area (Å²) >= 11 is 3.42. The summed E-state index contributed by atoms with van der Waals surface area (Å²) in [6.07, 6.45) is 0. The molecule has 0 aliphatic rings. The van der Waals surface area contributed by atoms with E-state index in [0.717, 1.165) is 15.8 Å². The van der Waals surface area contributed by atoms with Crippen LogP contribution in [0.5, 0.6) is 5.75 Å². The number of nitriles is 1. The minimum Gasteiger partial charge on any atom is -0.496 e. The molecule has 0 aromatic heterocycles. The van der Waals surface area contributed by atoms with E-state index in [0.29, 0.717) is 6.54 Å². The lowest BCUT2D eigenvalue weighted by Gasteiger charge is -2.22. The highest BCUT2D eigenvalue weighted by atomic mass is 79.9. The van der Waals surface area contributed by atoms with Gasteiger partial charge in [0.2, 0.25) is 5.91 Å². The average molecular weight is 339 g/mol. The average Bonchev–Trinajstić information content (AvgIpc) is 2.39. The highest BCUT2D eigenvalue weighted by molar-refractivity contribution is 9.10. The first-order chi connectivity index (χ1) is 9.40. The number of methoxy groups -OCH3 is 1. The molecule has 1 unspecified atom stereocenters. The molecule has 108 valence electrons. The second-order valence-corrected chi connectivity index (χ2v) is 5.87. The van der Waals surface area contributed by atoms with Crippen molar-refractivity contribution in [1.29, 1.82) is 5.26 Å². The van der Waals surface area contributed by atoms with Gasteiger partial charge in [0.15, 0.2) is 0 Å². The van der Waals surface area contributed by atoms with Crippen LogP contribution in [0.1, 0.15) is 19.4 Å². The number of halogens is 1. The second kappa shape index (κ2) is 7.30.